The third kappa shape index (κ3) is 2.01. The van der Waals surface area contributed by atoms with Gasteiger partial charge in [-0.1, -0.05) is 11.6 Å². The van der Waals surface area contributed by atoms with Crippen molar-refractivity contribution in [2.45, 2.75) is 0 Å². The zero-order valence-electron chi connectivity index (χ0n) is 8.09. The molecule has 80 valence electrons. The number of hydrogen-bond acceptors (Lipinski definition) is 3. The third-order valence-electron chi connectivity index (χ3n) is 2.05. The third-order valence-corrected chi connectivity index (χ3v) is 2.38. The molecule has 0 spiro atoms. The smallest absolute Gasteiger partial charge is 0.335 e. The lowest BCUT2D eigenvalue weighted by atomic mass is 10.1. The van der Waals surface area contributed by atoms with E-state index in [0.29, 0.717) is 16.3 Å². The maximum absolute atomic E-state index is 10.8. The fourth-order valence-electron chi connectivity index (χ4n) is 1.29. The number of halogens is 1. The van der Waals surface area contributed by atoms with Gasteiger partial charge in [-0.3, -0.25) is 9.97 Å². The molecule has 0 aliphatic carbocycles. The molecule has 1 N–H and O–H groups in total. The SMILES string of the molecule is O=C(O)c1ccc(Cl)c(-c2cnccn2)c1. The molecule has 0 radical (unpaired) electrons. The van der Waals surface area contributed by atoms with Gasteiger partial charge >= 0.3 is 5.97 Å². The molecule has 0 saturated heterocycles. The first-order valence-corrected chi connectivity index (χ1v) is 4.85. The summed E-state index contributed by atoms with van der Waals surface area (Å²) in [5, 5.41) is 9.32. The number of rotatable bonds is 2. The van der Waals surface area contributed by atoms with Gasteiger partial charge in [0, 0.05) is 18.0 Å². The van der Waals surface area contributed by atoms with E-state index in [1.807, 2.05) is 0 Å². The summed E-state index contributed by atoms with van der Waals surface area (Å²) in [5.41, 5.74) is 1.29. The quantitative estimate of drug-likeness (QED) is 0.867. The minimum absolute atomic E-state index is 0.171. The zero-order valence-corrected chi connectivity index (χ0v) is 8.85. The normalized spacial score (nSPS) is 10.1. The molecular weight excluding hydrogens is 228 g/mol. The van der Waals surface area contributed by atoms with E-state index in [0.717, 1.165) is 0 Å². The lowest BCUT2D eigenvalue weighted by Gasteiger charge is -2.04. The largest absolute Gasteiger partial charge is 0.478 e. The predicted molar refractivity (Wildman–Crippen MR) is 59.4 cm³/mol. The van der Waals surface area contributed by atoms with E-state index in [9.17, 15) is 4.79 Å². The molecule has 0 fully saturated rings. The minimum Gasteiger partial charge on any atom is -0.478 e. The molecule has 0 aliphatic rings. The van der Waals surface area contributed by atoms with Crippen LogP contribution in [-0.2, 0) is 0 Å². The minimum atomic E-state index is -0.998. The first-order chi connectivity index (χ1) is 7.68. The van der Waals surface area contributed by atoms with Gasteiger partial charge in [0.25, 0.3) is 0 Å². The molecule has 4 nitrogen and oxygen atoms in total. The summed E-state index contributed by atoms with van der Waals surface area (Å²) in [6, 6.07) is 4.47. The van der Waals surface area contributed by atoms with Crippen molar-refractivity contribution in [3.05, 3.63) is 47.4 Å². The Balaban J connectivity index is 2.56. The van der Waals surface area contributed by atoms with E-state index >= 15 is 0 Å². The van der Waals surface area contributed by atoms with Gasteiger partial charge in [0.1, 0.15) is 0 Å². The molecule has 16 heavy (non-hydrogen) atoms. The van der Waals surface area contributed by atoms with Gasteiger partial charge in [0.05, 0.1) is 22.5 Å². The van der Waals surface area contributed by atoms with Crippen molar-refractivity contribution < 1.29 is 9.90 Å². The second kappa shape index (κ2) is 4.28. The molecule has 2 rings (SSSR count). The second-order valence-corrected chi connectivity index (χ2v) is 3.50. The number of aromatic carboxylic acids is 1. The zero-order chi connectivity index (χ0) is 11.5. The van der Waals surface area contributed by atoms with Gasteiger partial charge in [-0.2, -0.15) is 0 Å². The van der Waals surface area contributed by atoms with Gasteiger partial charge in [-0.25, -0.2) is 4.79 Å². The van der Waals surface area contributed by atoms with E-state index in [1.165, 1.54) is 30.6 Å². The summed E-state index contributed by atoms with van der Waals surface area (Å²) in [6.45, 7) is 0. The van der Waals surface area contributed by atoms with Crippen molar-refractivity contribution in [1.82, 2.24) is 9.97 Å². The van der Waals surface area contributed by atoms with Crippen molar-refractivity contribution >= 4 is 17.6 Å². The topological polar surface area (TPSA) is 63.1 Å². The highest BCUT2D eigenvalue weighted by Gasteiger charge is 2.09. The summed E-state index contributed by atoms with van der Waals surface area (Å²) in [7, 11) is 0. The average Bonchev–Trinajstić information content (AvgIpc) is 2.30. The van der Waals surface area contributed by atoms with Crippen molar-refractivity contribution in [2.75, 3.05) is 0 Å². The number of benzene rings is 1. The monoisotopic (exact) mass is 234 g/mol. The van der Waals surface area contributed by atoms with Crippen molar-refractivity contribution in [2.24, 2.45) is 0 Å². The van der Waals surface area contributed by atoms with Gasteiger partial charge in [-0.15, -0.1) is 0 Å². The van der Waals surface area contributed by atoms with Crippen LogP contribution in [0, 0.1) is 0 Å². The molecule has 1 aromatic heterocycles. The molecule has 5 heteroatoms. The Hall–Kier alpha value is -1.94. The second-order valence-electron chi connectivity index (χ2n) is 3.09. The average molecular weight is 235 g/mol. The molecule has 0 bridgehead atoms. The van der Waals surface area contributed by atoms with Crippen LogP contribution in [0.4, 0.5) is 0 Å². The molecule has 2 aromatic rings. The van der Waals surface area contributed by atoms with Crippen LogP contribution in [0.5, 0.6) is 0 Å². The van der Waals surface area contributed by atoms with Crippen molar-refractivity contribution in [1.29, 1.82) is 0 Å². The van der Waals surface area contributed by atoms with Gasteiger partial charge in [-0.05, 0) is 18.2 Å². The summed E-state index contributed by atoms with van der Waals surface area (Å²) in [6.07, 6.45) is 4.60. The fourth-order valence-corrected chi connectivity index (χ4v) is 1.51. The highest BCUT2D eigenvalue weighted by Crippen LogP contribution is 2.26. The Morgan fingerprint density at radius 1 is 1.31 bits per heavy atom. The van der Waals surface area contributed by atoms with E-state index < -0.39 is 5.97 Å². The molecule has 0 saturated carbocycles. The lowest BCUT2D eigenvalue weighted by molar-refractivity contribution is 0.0697. The number of carboxylic acid groups (broad SMARTS) is 1. The van der Waals surface area contributed by atoms with E-state index in [4.69, 9.17) is 16.7 Å². The first-order valence-electron chi connectivity index (χ1n) is 4.47. The molecule has 1 heterocycles. The van der Waals surface area contributed by atoms with Crippen LogP contribution < -0.4 is 0 Å². The van der Waals surface area contributed by atoms with Gasteiger partial charge in [0.2, 0.25) is 0 Å². The highest BCUT2D eigenvalue weighted by atomic mass is 35.5. The van der Waals surface area contributed by atoms with Crippen molar-refractivity contribution in [3.8, 4) is 11.3 Å². The summed E-state index contributed by atoms with van der Waals surface area (Å²) < 4.78 is 0. The molecule has 0 unspecified atom stereocenters. The molecular formula is C11H7ClN2O2. The van der Waals surface area contributed by atoms with E-state index in [2.05, 4.69) is 9.97 Å². The molecule has 0 atom stereocenters. The van der Waals surface area contributed by atoms with Crippen LogP contribution in [0.3, 0.4) is 0 Å². The Morgan fingerprint density at radius 2 is 2.12 bits per heavy atom. The summed E-state index contributed by atoms with van der Waals surface area (Å²) in [4.78, 5) is 18.8. The fraction of sp³-hybridized carbons (Fsp3) is 0. The van der Waals surface area contributed by atoms with Gasteiger partial charge < -0.3 is 5.11 Å². The number of hydrogen-bond donors (Lipinski definition) is 1. The highest BCUT2D eigenvalue weighted by molar-refractivity contribution is 6.33. The summed E-state index contributed by atoms with van der Waals surface area (Å²) >= 11 is 5.97. The molecule has 0 aliphatic heterocycles. The van der Waals surface area contributed by atoms with Crippen LogP contribution in [0.25, 0.3) is 11.3 Å². The maximum atomic E-state index is 10.8. The number of carbonyl (C=O) groups is 1. The summed E-state index contributed by atoms with van der Waals surface area (Å²) in [5.74, 6) is -0.998. The first kappa shape index (κ1) is 10.6. The van der Waals surface area contributed by atoms with Crippen LogP contribution >= 0.6 is 11.6 Å². The standard InChI is InChI=1S/C11H7ClN2O2/c12-9-2-1-7(11(15)16)5-8(9)10-6-13-3-4-14-10/h1-6H,(H,15,16). The Labute approximate surface area is 96.6 Å². The number of aromatic nitrogens is 2. The van der Waals surface area contributed by atoms with Crippen molar-refractivity contribution in [3.63, 3.8) is 0 Å². The Kier molecular flexibility index (Phi) is 2.83. The Bertz CT molecular complexity index is 529. The molecule has 1 aromatic carbocycles. The number of carboxylic acids is 1. The Morgan fingerprint density at radius 3 is 2.75 bits per heavy atom. The van der Waals surface area contributed by atoms with E-state index in [1.54, 1.807) is 6.20 Å². The van der Waals surface area contributed by atoms with Crippen LogP contribution in [0.2, 0.25) is 5.02 Å². The maximum Gasteiger partial charge on any atom is 0.335 e. The van der Waals surface area contributed by atoms with Crippen LogP contribution in [0.15, 0.2) is 36.8 Å². The number of nitrogens with zero attached hydrogens (tertiary/aromatic N) is 2. The van der Waals surface area contributed by atoms with Gasteiger partial charge in [0.15, 0.2) is 0 Å². The van der Waals surface area contributed by atoms with Crippen LogP contribution in [-0.4, -0.2) is 21.0 Å². The van der Waals surface area contributed by atoms with Crippen LogP contribution in [0.1, 0.15) is 10.4 Å². The van der Waals surface area contributed by atoms with E-state index in [-0.39, 0.29) is 5.56 Å². The molecule has 0 amide bonds. The predicted octanol–water partition coefficient (Wildman–Crippen LogP) is 2.50. The lowest BCUT2D eigenvalue weighted by Crippen LogP contribution is -1.97.